The Balaban J connectivity index is 1.90. The topological polar surface area (TPSA) is 110 Å². The Morgan fingerprint density at radius 2 is 1.34 bits per heavy atom. The van der Waals surface area contributed by atoms with E-state index in [0.717, 1.165) is 79.2 Å². The predicted octanol–water partition coefficient (Wildman–Crippen LogP) is 8.11. The van der Waals surface area contributed by atoms with Gasteiger partial charge in [0.15, 0.2) is 0 Å². The van der Waals surface area contributed by atoms with Crippen molar-refractivity contribution in [1.29, 1.82) is 0 Å². The number of aryl methyl sites for hydroxylation is 3. The maximum absolute atomic E-state index is 13.1. The summed E-state index contributed by atoms with van der Waals surface area (Å²) in [7, 11) is 2.79. The number of aromatic nitrogens is 4. The minimum absolute atomic E-state index is 0.251. The van der Waals surface area contributed by atoms with Crippen molar-refractivity contribution in [2.45, 2.75) is 66.7 Å². The Bertz CT molecular complexity index is 1890. The minimum Gasteiger partial charge on any atom is -0.469 e. The van der Waals surface area contributed by atoms with Crippen LogP contribution in [0.4, 0.5) is 0 Å². The van der Waals surface area contributed by atoms with Crippen molar-refractivity contribution in [2.24, 2.45) is 0 Å². The van der Waals surface area contributed by atoms with Gasteiger partial charge in [0, 0.05) is 28.9 Å². The van der Waals surface area contributed by atoms with Crippen LogP contribution in [-0.2, 0) is 20.7 Å². The molecule has 0 aliphatic carbocycles. The van der Waals surface area contributed by atoms with Crippen molar-refractivity contribution < 1.29 is 19.1 Å². The molecular formula is C35H39ClN4O4. The van der Waals surface area contributed by atoms with Gasteiger partial charge in [-0.3, -0.25) is 4.79 Å². The van der Waals surface area contributed by atoms with Crippen LogP contribution in [0.15, 0.2) is 24.3 Å². The lowest BCUT2D eigenvalue weighted by Gasteiger charge is -2.05. The monoisotopic (exact) mass is 614 g/mol. The van der Waals surface area contributed by atoms with Crippen LogP contribution >= 0.6 is 11.6 Å². The number of hydrogen-bond donors (Lipinski definition) is 2. The number of H-pyrrole nitrogens is 2. The molecule has 8 bridgehead atoms. The summed E-state index contributed by atoms with van der Waals surface area (Å²) < 4.78 is 10.1. The number of carbonyl (C=O) groups is 2. The summed E-state index contributed by atoms with van der Waals surface area (Å²) in [5.41, 5.74) is 14.4. The molecule has 8 nitrogen and oxygen atoms in total. The van der Waals surface area contributed by atoms with Gasteiger partial charge in [-0.25, -0.2) is 14.8 Å². The quantitative estimate of drug-likeness (QED) is 0.196. The summed E-state index contributed by atoms with van der Waals surface area (Å²) in [6.07, 6.45) is 3.06. The number of ether oxygens (including phenoxy) is 2. The number of fused-ring (bicyclic) bond motifs is 8. The highest BCUT2D eigenvalue weighted by Gasteiger charge is 2.23. The highest BCUT2D eigenvalue weighted by molar-refractivity contribution is 6.18. The maximum Gasteiger partial charge on any atom is 0.340 e. The van der Waals surface area contributed by atoms with Gasteiger partial charge in [-0.1, -0.05) is 6.92 Å². The normalized spacial score (nSPS) is 13.1. The zero-order valence-electron chi connectivity index (χ0n) is 26.5. The van der Waals surface area contributed by atoms with Gasteiger partial charge in [0.05, 0.1) is 48.1 Å². The zero-order valence-corrected chi connectivity index (χ0v) is 27.2. The number of alkyl halides is 1. The number of methoxy groups -OCH3 is 2. The SMILES string of the molecule is CCc1c(C)c2cc3nc(cc4nc(cc5[nH]c(cc1[nH]2)c(C)c5C(=O)OC)C(CCCC(=O)OC)=C4C)C(C)=C3CCCl. The molecule has 3 aromatic rings. The molecule has 5 heterocycles. The Labute approximate surface area is 262 Å². The summed E-state index contributed by atoms with van der Waals surface area (Å²) in [4.78, 5) is 42.2. The Morgan fingerprint density at radius 3 is 1.93 bits per heavy atom. The molecule has 9 heteroatoms. The second-order valence-electron chi connectivity index (χ2n) is 11.3. The molecule has 3 aromatic heterocycles. The van der Waals surface area contributed by atoms with E-state index in [2.05, 4.69) is 42.9 Å². The summed E-state index contributed by atoms with van der Waals surface area (Å²) in [5, 5.41) is 0. The number of carbonyl (C=O) groups excluding carboxylic acids is 2. The van der Waals surface area contributed by atoms with Crippen LogP contribution in [0.25, 0.3) is 44.4 Å². The Hall–Kier alpha value is -4.17. The van der Waals surface area contributed by atoms with Gasteiger partial charge in [0.1, 0.15) is 0 Å². The predicted molar refractivity (Wildman–Crippen MR) is 177 cm³/mol. The van der Waals surface area contributed by atoms with E-state index in [1.165, 1.54) is 19.8 Å². The van der Waals surface area contributed by atoms with E-state index in [9.17, 15) is 9.59 Å². The Kier molecular flexibility index (Phi) is 9.11. The van der Waals surface area contributed by atoms with Gasteiger partial charge < -0.3 is 19.4 Å². The molecular weight excluding hydrogens is 576 g/mol. The zero-order chi connectivity index (χ0) is 31.7. The van der Waals surface area contributed by atoms with Crippen molar-refractivity contribution in [3.05, 3.63) is 69.3 Å². The minimum atomic E-state index is -0.423. The lowest BCUT2D eigenvalue weighted by atomic mass is 9.99. The van der Waals surface area contributed by atoms with Gasteiger partial charge in [-0.05, 0) is 117 Å². The van der Waals surface area contributed by atoms with Crippen LogP contribution in [0.3, 0.4) is 0 Å². The third kappa shape index (κ3) is 5.71. The first-order valence-electron chi connectivity index (χ1n) is 15.0. The molecule has 0 saturated heterocycles. The fraction of sp³-hybridized carbons (Fsp3) is 0.371. The fourth-order valence-corrected chi connectivity index (χ4v) is 6.41. The number of halogens is 1. The summed E-state index contributed by atoms with van der Waals surface area (Å²) in [6, 6.07) is 8.11. The van der Waals surface area contributed by atoms with Crippen LogP contribution in [0, 0.1) is 13.8 Å². The lowest BCUT2D eigenvalue weighted by Crippen LogP contribution is -2.02. The van der Waals surface area contributed by atoms with Gasteiger partial charge in [-0.2, -0.15) is 0 Å². The highest BCUT2D eigenvalue weighted by atomic mass is 35.5. The van der Waals surface area contributed by atoms with Crippen LogP contribution in [0.1, 0.15) is 96.3 Å². The van der Waals surface area contributed by atoms with E-state index in [-0.39, 0.29) is 5.97 Å². The number of esters is 2. The molecule has 5 rings (SSSR count). The second kappa shape index (κ2) is 12.8. The van der Waals surface area contributed by atoms with Crippen molar-refractivity contribution >= 4 is 67.9 Å². The maximum atomic E-state index is 13.1. The molecule has 2 N–H and O–H groups in total. The molecule has 0 amide bonds. The average Bonchev–Trinajstić information content (AvgIpc) is 3.67. The van der Waals surface area contributed by atoms with E-state index < -0.39 is 5.97 Å². The molecule has 2 aliphatic heterocycles. The largest absolute Gasteiger partial charge is 0.469 e. The van der Waals surface area contributed by atoms with Gasteiger partial charge >= 0.3 is 11.9 Å². The van der Waals surface area contributed by atoms with Crippen LogP contribution in [-0.4, -0.2) is 52.0 Å². The fourth-order valence-electron chi connectivity index (χ4n) is 6.22. The third-order valence-corrected chi connectivity index (χ3v) is 8.98. The molecule has 0 spiro atoms. The molecule has 0 radical (unpaired) electrons. The average molecular weight is 615 g/mol. The molecule has 44 heavy (non-hydrogen) atoms. The summed E-state index contributed by atoms with van der Waals surface area (Å²) >= 11 is 6.26. The van der Waals surface area contributed by atoms with Crippen LogP contribution in [0.2, 0.25) is 0 Å². The van der Waals surface area contributed by atoms with E-state index >= 15 is 0 Å². The summed E-state index contributed by atoms with van der Waals surface area (Å²) in [6.45, 7) is 10.3. The number of rotatable bonds is 8. The third-order valence-electron chi connectivity index (χ3n) is 8.79. The first kappa shape index (κ1) is 31.3. The highest BCUT2D eigenvalue weighted by Crippen LogP contribution is 2.37. The number of hydrogen-bond acceptors (Lipinski definition) is 6. The molecule has 2 aliphatic rings. The van der Waals surface area contributed by atoms with Gasteiger partial charge in [0.25, 0.3) is 0 Å². The van der Waals surface area contributed by atoms with Crippen molar-refractivity contribution in [2.75, 3.05) is 20.1 Å². The molecule has 0 saturated carbocycles. The molecule has 0 aromatic carbocycles. The molecule has 0 fully saturated rings. The number of nitrogens with zero attached hydrogens (tertiary/aromatic N) is 2. The number of allylic oxidation sites excluding steroid dienone is 4. The van der Waals surface area contributed by atoms with Crippen LogP contribution < -0.4 is 0 Å². The van der Waals surface area contributed by atoms with Crippen molar-refractivity contribution in [1.82, 2.24) is 19.9 Å². The van der Waals surface area contributed by atoms with Gasteiger partial charge in [0.2, 0.25) is 0 Å². The number of aromatic amines is 2. The van der Waals surface area contributed by atoms with Crippen molar-refractivity contribution in [3.8, 4) is 0 Å². The number of nitrogens with one attached hydrogen (secondary N) is 2. The van der Waals surface area contributed by atoms with E-state index in [1.54, 1.807) is 0 Å². The summed E-state index contributed by atoms with van der Waals surface area (Å²) in [5.74, 6) is -0.184. The first-order chi connectivity index (χ1) is 21.1. The first-order valence-corrected chi connectivity index (χ1v) is 15.5. The second-order valence-corrected chi connectivity index (χ2v) is 11.6. The lowest BCUT2D eigenvalue weighted by molar-refractivity contribution is -0.140. The molecule has 230 valence electrons. The standard InChI is InChI=1S/C35H39ClN4O4/c1-8-22-18(2)27-15-30-24(12-13-36)20(4)26(38-30)14-25-19(3)23(10-9-11-33(41)43-6)31(39-25)17-32-34(35(42)44-7)21(5)28(40-32)16-29(22)37-27/h14-17,37,40H,8-13H2,1-7H3. The van der Waals surface area contributed by atoms with Crippen LogP contribution in [0.5, 0.6) is 0 Å². The van der Waals surface area contributed by atoms with E-state index in [1.807, 2.05) is 26.0 Å². The van der Waals surface area contributed by atoms with E-state index in [4.69, 9.17) is 31.0 Å². The van der Waals surface area contributed by atoms with E-state index in [0.29, 0.717) is 42.6 Å². The molecule has 0 atom stereocenters. The smallest absolute Gasteiger partial charge is 0.340 e. The molecule has 0 unspecified atom stereocenters. The Morgan fingerprint density at radius 1 is 0.750 bits per heavy atom. The van der Waals surface area contributed by atoms with Gasteiger partial charge in [-0.15, -0.1) is 11.6 Å². The van der Waals surface area contributed by atoms with Crippen molar-refractivity contribution in [3.63, 3.8) is 0 Å².